The molecule has 0 bridgehead atoms. The van der Waals surface area contributed by atoms with Crippen LogP contribution in [0.3, 0.4) is 0 Å². The summed E-state index contributed by atoms with van der Waals surface area (Å²) in [4.78, 5) is 12.8. The normalized spacial score (nSPS) is 18.7. The Balaban J connectivity index is 1.74. The van der Waals surface area contributed by atoms with Crippen LogP contribution >= 0.6 is 11.6 Å². The van der Waals surface area contributed by atoms with Crippen molar-refractivity contribution in [3.05, 3.63) is 59.1 Å². The van der Waals surface area contributed by atoms with Crippen molar-refractivity contribution in [1.29, 1.82) is 0 Å². The fourth-order valence-corrected chi connectivity index (χ4v) is 3.62. The Bertz CT molecular complexity index is 786. The highest BCUT2D eigenvalue weighted by Gasteiger charge is 2.39. The highest BCUT2D eigenvalue weighted by molar-refractivity contribution is 6.30. The van der Waals surface area contributed by atoms with E-state index in [1.165, 1.54) is 0 Å². The molecule has 0 fully saturated rings. The van der Waals surface area contributed by atoms with Gasteiger partial charge < -0.3 is 14.8 Å². The van der Waals surface area contributed by atoms with Crippen LogP contribution in [-0.4, -0.2) is 17.6 Å². The quantitative estimate of drug-likeness (QED) is 0.731. The number of rotatable bonds is 6. The standard InChI is InChI=1S/C22H26ClNO3/c1-4-22(5-2)14-19(18-8-6-7-9-20(18)27-22)24-21(25)15(3)26-17-12-10-16(23)11-13-17/h6-13,15,19H,4-5,14H2,1-3H3,(H,24,25)/t15-,19-/m1/s1. The number of halogens is 1. The first-order chi connectivity index (χ1) is 13.0. The van der Waals surface area contributed by atoms with Crippen LogP contribution < -0.4 is 14.8 Å². The molecule has 5 heteroatoms. The highest BCUT2D eigenvalue weighted by atomic mass is 35.5. The van der Waals surface area contributed by atoms with E-state index in [1.807, 2.05) is 24.3 Å². The summed E-state index contributed by atoms with van der Waals surface area (Å²) in [5, 5.41) is 3.79. The third-order valence-electron chi connectivity index (χ3n) is 5.30. The molecule has 0 aliphatic carbocycles. The van der Waals surface area contributed by atoms with E-state index in [9.17, 15) is 4.79 Å². The lowest BCUT2D eigenvalue weighted by Crippen LogP contribution is -2.46. The van der Waals surface area contributed by atoms with E-state index in [0.717, 1.165) is 30.6 Å². The molecule has 2 aromatic rings. The number of carbonyl (C=O) groups excluding carboxylic acids is 1. The first-order valence-electron chi connectivity index (χ1n) is 9.47. The summed E-state index contributed by atoms with van der Waals surface area (Å²) in [6.07, 6.45) is 1.91. The van der Waals surface area contributed by atoms with Crippen molar-refractivity contribution in [2.45, 2.75) is 57.8 Å². The maximum Gasteiger partial charge on any atom is 0.261 e. The first kappa shape index (κ1) is 19.6. The van der Waals surface area contributed by atoms with Gasteiger partial charge in [0.1, 0.15) is 17.1 Å². The number of benzene rings is 2. The second-order valence-electron chi connectivity index (χ2n) is 7.01. The topological polar surface area (TPSA) is 47.6 Å². The third kappa shape index (κ3) is 4.38. The van der Waals surface area contributed by atoms with Crippen molar-refractivity contribution < 1.29 is 14.3 Å². The van der Waals surface area contributed by atoms with E-state index in [-0.39, 0.29) is 17.6 Å². The molecule has 1 amide bonds. The van der Waals surface area contributed by atoms with Gasteiger partial charge in [0.05, 0.1) is 6.04 Å². The van der Waals surface area contributed by atoms with Crippen LogP contribution in [0.15, 0.2) is 48.5 Å². The number of hydrogen-bond donors (Lipinski definition) is 1. The molecule has 1 heterocycles. The van der Waals surface area contributed by atoms with E-state index in [4.69, 9.17) is 21.1 Å². The molecular formula is C22H26ClNO3. The average molecular weight is 388 g/mol. The molecule has 1 N–H and O–H groups in total. The predicted molar refractivity (Wildman–Crippen MR) is 107 cm³/mol. The number of nitrogens with one attached hydrogen (secondary N) is 1. The van der Waals surface area contributed by atoms with Crippen molar-refractivity contribution in [3.8, 4) is 11.5 Å². The summed E-state index contributed by atoms with van der Waals surface area (Å²) in [6, 6.07) is 14.8. The Hall–Kier alpha value is -2.20. The van der Waals surface area contributed by atoms with Gasteiger partial charge in [-0.3, -0.25) is 4.79 Å². The molecule has 0 spiro atoms. The van der Waals surface area contributed by atoms with Gasteiger partial charge in [-0.05, 0) is 50.1 Å². The van der Waals surface area contributed by atoms with E-state index < -0.39 is 6.10 Å². The van der Waals surface area contributed by atoms with Crippen molar-refractivity contribution in [3.63, 3.8) is 0 Å². The second-order valence-corrected chi connectivity index (χ2v) is 7.45. The summed E-state index contributed by atoms with van der Waals surface area (Å²) in [7, 11) is 0. The summed E-state index contributed by atoms with van der Waals surface area (Å²) in [5.74, 6) is 1.32. The Labute approximate surface area is 165 Å². The molecular weight excluding hydrogens is 362 g/mol. The maximum atomic E-state index is 12.8. The SMILES string of the molecule is CCC1(CC)C[C@@H](NC(=O)[C@@H](C)Oc2ccc(Cl)cc2)c2ccccc2O1. The van der Waals surface area contributed by atoms with Gasteiger partial charge in [-0.1, -0.05) is 43.6 Å². The van der Waals surface area contributed by atoms with E-state index in [1.54, 1.807) is 31.2 Å². The maximum absolute atomic E-state index is 12.8. The van der Waals surface area contributed by atoms with Crippen LogP contribution in [0.5, 0.6) is 11.5 Å². The summed E-state index contributed by atoms with van der Waals surface area (Å²) in [5.41, 5.74) is 0.758. The van der Waals surface area contributed by atoms with E-state index >= 15 is 0 Å². The van der Waals surface area contributed by atoms with Crippen LogP contribution in [0.2, 0.25) is 5.02 Å². The van der Waals surface area contributed by atoms with Crippen LogP contribution in [0, 0.1) is 0 Å². The minimum atomic E-state index is -0.612. The number of carbonyl (C=O) groups is 1. The van der Waals surface area contributed by atoms with Gasteiger partial charge in [0, 0.05) is 17.0 Å². The number of fused-ring (bicyclic) bond motifs is 1. The molecule has 0 saturated heterocycles. The second kappa shape index (κ2) is 8.22. The molecule has 2 atom stereocenters. The zero-order valence-corrected chi connectivity index (χ0v) is 16.8. The number of ether oxygens (including phenoxy) is 2. The van der Waals surface area contributed by atoms with Crippen molar-refractivity contribution in [2.75, 3.05) is 0 Å². The molecule has 0 aromatic heterocycles. The zero-order valence-electron chi connectivity index (χ0n) is 16.0. The van der Waals surface area contributed by atoms with Gasteiger partial charge >= 0.3 is 0 Å². The lowest BCUT2D eigenvalue weighted by Gasteiger charge is -2.41. The van der Waals surface area contributed by atoms with Gasteiger partial charge in [-0.25, -0.2) is 0 Å². The summed E-state index contributed by atoms with van der Waals surface area (Å²) >= 11 is 5.89. The Morgan fingerprint density at radius 2 is 1.89 bits per heavy atom. The molecule has 4 nitrogen and oxygen atoms in total. The van der Waals surface area contributed by atoms with Crippen molar-refractivity contribution >= 4 is 17.5 Å². The van der Waals surface area contributed by atoms with Gasteiger partial charge in [0.25, 0.3) is 5.91 Å². The molecule has 27 heavy (non-hydrogen) atoms. The molecule has 0 radical (unpaired) electrons. The number of amides is 1. The Kier molecular flexibility index (Phi) is 5.95. The van der Waals surface area contributed by atoms with Crippen LogP contribution in [0.1, 0.15) is 51.6 Å². The minimum Gasteiger partial charge on any atom is -0.487 e. The predicted octanol–water partition coefficient (Wildman–Crippen LogP) is 5.31. The zero-order chi connectivity index (χ0) is 19.4. The fourth-order valence-electron chi connectivity index (χ4n) is 3.49. The molecule has 2 aromatic carbocycles. The fraction of sp³-hybridized carbons (Fsp3) is 0.409. The van der Waals surface area contributed by atoms with Gasteiger partial charge in [-0.2, -0.15) is 0 Å². The van der Waals surface area contributed by atoms with Crippen LogP contribution in [-0.2, 0) is 4.79 Å². The van der Waals surface area contributed by atoms with Crippen molar-refractivity contribution in [1.82, 2.24) is 5.32 Å². The third-order valence-corrected chi connectivity index (χ3v) is 5.55. The van der Waals surface area contributed by atoms with Gasteiger partial charge in [-0.15, -0.1) is 0 Å². The largest absolute Gasteiger partial charge is 0.487 e. The summed E-state index contributed by atoms with van der Waals surface area (Å²) in [6.45, 7) is 6.01. The molecule has 0 unspecified atom stereocenters. The Morgan fingerprint density at radius 3 is 2.56 bits per heavy atom. The molecule has 0 saturated carbocycles. The highest BCUT2D eigenvalue weighted by Crippen LogP contribution is 2.42. The first-order valence-corrected chi connectivity index (χ1v) is 9.84. The Morgan fingerprint density at radius 1 is 1.22 bits per heavy atom. The van der Waals surface area contributed by atoms with Crippen LogP contribution in [0.25, 0.3) is 0 Å². The molecule has 1 aliphatic rings. The van der Waals surface area contributed by atoms with E-state index in [2.05, 4.69) is 19.2 Å². The monoisotopic (exact) mass is 387 g/mol. The average Bonchev–Trinajstić information content (AvgIpc) is 2.69. The number of para-hydroxylation sites is 1. The minimum absolute atomic E-state index is 0.0985. The van der Waals surface area contributed by atoms with Gasteiger partial charge in [0.15, 0.2) is 6.10 Å². The summed E-state index contributed by atoms with van der Waals surface area (Å²) < 4.78 is 12.1. The number of hydrogen-bond acceptors (Lipinski definition) is 3. The molecule has 144 valence electrons. The van der Waals surface area contributed by atoms with Gasteiger partial charge in [0.2, 0.25) is 0 Å². The smallest absolute Gasteiger partial charge is 0.261 e. The molecule has 1 aliphatic heterocycles. The lowest BCUT2D eigenvalue weighted by atomic mass is 9.83. The van der Waals surface area contributed by atoms with E-state index in [0.29, 0.717) is 10.8 Å². The molecule has 3 rings (SSSR count). The lowest BCUT2D eigenvalue weighted by molar-refractivity contribution is -0.128. The van der Waals surface area contributed by atoms with Crippen LogP contribution in [0.4, 0.5) is 0 Å². The van der Waals surface area contributed by atoms with Crippen molar-refractivity contribution in [2.24, 2.45) is 0 Å².